The molecule has 7 atom stereocenters. The van der Waals surface area contributed by atoms with Gasteiger partial charge in [0, 0.05) is 42.9 Å². The van der Waals surface area contributed by atoms with Crippen molar-refractivity contribution in [3.05, 3.63) is 48.3 Å². The van der Waals surface area contributed by atoms with E-state index >= 15 is 0 Å². The fraction of sp³-hybridized carbons (Fsp3) is 0.594. The highest BCUT2D eigenvalue weighted by molar-refractivity contribution is 5.87. The molecular formula is C32H43NO12. The lowest BCUT2D eigenvalue weighted by Gasteiger charge is -2.67. The molecule has 1 saturated heterocycles. The van der Waals surface area contributed by atoms with Crippen LogP contribution in [-0.4, -0.2) is 113 Å². The minimum Gasteiger partial charge on any atom is -0.485 e. The van der Waals surface area contributed by atoms with Gasteiger partial charge in [-0.3, -0.25) is 4.79 Å². The first-order valence-corrected chi connectivity index (χ1v) is 15.3. The van der Waals surface area contributed by atoms with Crippen LogP contribution in [0.4, 0.5) is 0 Å². The molecule has 248 valence electrons. The molecule has 13 heteroatoms. The minimum atomic E-state index is -2.49. The largest absolute Gasteiger partial charge is 0.485 e. The van der Waals surface area contributed by atoms with Crippen molar-refractivity contribution in [3.8, 4) is 11.5 Å². The Morgan fingerprint density at radius 3 is 2.64 bits per heavy atom. The van der Waals surface area contributed by atoms with Gasteiger partial charge in [0.05, 0.1) is 19.5 Å². The number of carbonyl (C=O) groups is 1. The van der Waals surface area contributed by atoms with Crippen LogP contribution < -0.4 is 14.8 Å². The quantitative estimate of drug-likeness (QED) is 0.110. The molecule has 2 bridgehead atoms. The van der Waals surface area contributed by atoms with Crippen LogP contribution in [0.15, 0.2) is 47.1 Å². The molecule has 13 nitrogen and oxygen atoms in total. The smallest absolute Gasteiger partial charge is 0.306 e. The third-order valence-corrected chi connectivity index (χ3v) is 9.51. The second kappa shape index (κ2) is 13.4. The number of ether oxygens (including phenoxy) is 4. The third kappa shape index (κ3) is 5.34. The molecule has 0 amide bonds. The summed E-state index contributed by atoms with van der Waals surface area (Å²) in [6, 6.07) is 3.47. The van der Waals surface area contributed by atoms with E-state index in [1.165, 1.54) is 6.26 Å². The van der Waals surface area contributed by atoms with E-state index in [-0.39, 0.29) is 44.0 Å². The topological polar surface area (TPSA) is 201 Å². The van der Waals surface area contributed by atoms with E-state index in [2.05, 4.69) is 5.32 Å². The monoisotopic (exact) mass is 633 g/mol. The molecule has 2 fully saturated rings. The Morgan fingerprint density at radius 1 is 1.18 bits per heavy atom. The van der Waals surface area contributed by atoms with Crippen molar-refractivity contribution in [3.63, 3.8) is 0 Å². The van der Waals surface area contributed by atoms with Gasteiger partial charge < -0.3 is 59.3 Å². The number of furan rings is 1. The number of fused-ring (bicyclic) bond motifs is 5. The molecule has 2 aromatic rings. The molecule has 45 heavy (non-hydrogen) atoms. The first-order valence-electron chi connectivity index (χ1n) is 15.3. The fourth-order valence-corrected chi connectivity index (χ4v) is 7.30. The molecule has 7 unspecified atom stereocenters. The van der Waals surface area contributed by atoms with Gasteiger partial charge in [-0.2, -0.15) is 0 Å². The number of hydrogen-bond acceptors (Lipinski definition) is 13. The van der Waals surface area contributed by atoms with E-state index < -0.39 is 72.7 Å². The number of aliphatic hydroxyl groups excluding tert-OH is 4. The Kier molecular flexibility index (Phi) is 9.92. The maximum absolute atomic E-state index is 12.8. The standard InChI is InChI=1S/C32H43NO12/c1-3-41-24(37)8-7-19-14-20-9-12-42-25(20)27(43-13-11-33-2)26(19)45-29-32(40)28(38)31(39,23(18-36)44-29)15-21-6-4-5-10-30(21,32)22(16-34)17-35/h4-6,9-10,12,14,21-23,28-29,33-36,38-40H,3,7-8,11,13,15-18H2,1-2H3. The summed E-state index contributed by atoms with van der Waals surface area (Å²) in [5, 5.41) is 71.3. The number of aliphatic hydroxyl groups is 6. The van der Waals surface area contributed by atoms with Crippen molar-refractivity contribution in [2.75, 3.05) is 46.6 Å². The fourth-order valence-electron chi connectivity index (χ4n) is 7.30. The lowest BCUT2D eigenvalue weighted by molar-refractivity contribution is -0.404. The van der Waals surface area contributed by atoms with Crippen LogP contribution in [0.1, 0.15) is 25.3 Å². The van der Waals surface area contributed by atoms with Crippen LogP contribution in [0.3, 0.4) is 0 Å². The van der Waals surface area contributed by atoms with Crippen LogP contribution in [0.2, 0.25) is 0 Å². The summed E-state index contributed by atoms with van der Waals surface area (Å²) < 4.78 is 29.7. The summed E-state index contributed by atoms with van der Waals surface area (Å²) in [5.41, 5.74) is -5.41. The summed E-state index contributed by atoms with van der Waals surface area (Å²) in [6.07, 6.45) is 2.97. The zero-order valence-electron chi connectivity index (χ0n) is 25.4. The Labute approximate surface area is 260 Å². The van der Waals surface area contributed by atoms with Crippen molar-refractivity contribution in [1.82, 2.24) is 5.32 Å². The highest BCUT2D eigenvalue weighted by Crippen LogP contribution is 2.63. The number of allylic oxidation sites excluding steroid dienone is 3. The molecular weight excluding hydrogens is 590 g/mol. The van der Waals surface area contributed by atoms with E-state index in [0.717, 1.165) is 0 Å². The van der Waals surface area contributed by atoms with Crippen molar-refractivity contribution in [2.45, 2.75) is 55.9 Å². The maximum Gasteiger partial charge on any atom is 0.306 e. The Balaban J connectivity index is 1.69. The van der Waals surface area contributed by atoms with Gasteiger partial charge in [-0.1, -0.05) is 24.3 Å². The predicted molar refractivity (Wildman–Crippen MR) is 159 cm³/mol. The second-order valence-electron chi connectivity index (χ2n) is 11.8. The maximum atomic E-state index is 12.8. The van der Waals surface area contributed by atoms with Gasteiger partial charge >= 0.3 is 5.97 Å². The highest BCUT2D eigenvalue weighted by atomic mass is 16.7. The Morgan fingerprint density at radius 2 is 1.96 bits per heavy atom. The van der Waals surface area contributed by atoms with Gasteiger partial charge in [0.15, 0.2) is 16.9 Å². The molecule has 7 N–H and O–H groups in total. The average Bonchev–Trinajstić information content (AvgIpc) is 3.50. The number of likely N-dealkylation sites (N-methyl/N-ethyl adjacent to an activating group) is 1. The van der Waals surface area contributed by atoms with Gasteiger partial charge in [0.1, 0.15) is 24.4 Å². The molecule has 1 aromatic carbocycles. The average molecular weight is 634 g/mol. The summed E-state index contributed by atoms with van der Waals surface area (Å²) in [7, 11) is 1.76. The summed E-state index contributed by atoms with van der Waals surface area (Å²) in [5.74, 6) is -1.98. The van der Waals surface area contributed by atoms with Gasteiger partial charge in [0.25, 0.3) is 0 Å². The van der Waals surface area contributed by atoms with Crippen molar-refractivity contribution in [2.24, 2.45) is 17.3 Å². The number of esters is 1. The molecule has 2 heterocycles. The summed E-state index contributed by atoms with van der Waals surface area (Å²) in [4.78, 5) is 12.4. The number of carbonyl (C=O) groups excluding carboxylic acids is 1. The van der Waals surface area contributed by atoms with E-state index in [4.69, 9.17) is 23.4 Å². The molecule has 1 aromatic heterocycles. The van der Waals surface area contributed by atoms with Gasteiger partial charge in [-0.15, -0.1) is 0 Å². The highest BCUT2D eigenvalue weighted by Gasteiger charge is 2.77. The zero-order valence-corrected chi connectivity index (χ0v) is 25.4. The number of hydrogen-bond donors (Lipinski definition) is 7. The number of benzene rings is 1. The van der Waals surface area contributed by atoms with E-state index in [9.17, 15) is 35.4 Å². The molecule has 0 radical (unpaired) electrons. The van der Waals surface area contributed by atoms with Gasteiger partial charge in [-0.25, -0.2) is 0 Å². The molecule has 3 aliphatic rings. The van der Waals surface area contributed by atoms with Gasteiger partial charge in [0.2, 0.25) is 12.0 Å². The van der Waals surface area contributed by atoms with E-state index in [0.29, 0.717) is 23.1 Å². The second-order valence-corrected chi connectivity index (χ2v) is 11.8. The van der Waals surface area contributed by atoms with Crippen LogP contribution >= 0.6 is 0 Å². The number of nitrogens with one attached hydrogen (secondary N) is 1. The van der Waals surface area contributed by atoms with Crippen LogP contribution in [0.25, 0.3) is 11.0 Å². The molecule has 1 aliphatic heterocycles. The first-order chi connectivity index (χ1) is 21.7. The summed E-state index contributed by atoms with van der Waals surface area (Å²) in [6.45, 7) is 0.676. The van der Waals surface area contributed by atoms with Crippen molar-refractivity contribution >= 4 is 16.9 Å². The number of aryl methyl sites for hydroxylation is 1. The Hall–Kier alpha value is -3.01. The third-order valence-electron chi connectivity index (χ3n) is 9.51. The molecule has 1 saturated carbocycles. The predicted octanol–water partition coefficient (Wildman–Crippen LogP) is 0.179. The molecule has 5 rings (SSSR count). The molecule has 0 spiro atoms. The minimum absolute atomic E-state index is 0.0163. The SMILES string of the molecule is CCOC(=O)CCc1cc2ccoc2c(OCCNC)c1OC1OC(CO)C2(O)CC3C=CC=CC3(C(CO)CO)C1(O)C2O. The van der Waals surface area contributed by atoms with Crippen molar-refractivity contribution < 1.29 is 58.8 Å². The van der Waals surface area contributed by atoms with E-state index in [1.54, 1.807) is 50.4 Å². The Bertz CT molecular complexity index is 1400. The zero-order chi connectivity index (χ0) is 32.4. The van der Waals surface area contributed by atoms with Crippen molar-refractivity contribution in [1.29, 1.82) is 0 Å². The van der Waals surface area contributed by atoms with Gasteiger partial charge in [-0.05, 0) is 50.4 Å². The van der Waals surface area contributed by atoms with E-state index in [1.807, 2.05) is 0 Å². The lowest BCUT2D eigenvalue weighted by atomic mass is 9.45. The van der Waals surface area contributed by atoms with Crippen LogP contribution in [0.5, 0.6) is 11.5 Å². The normalized spacial score (nSPS) is 32.1. The first kappa shape index (κ1) is 33.4. The molecule has 2 aliphatic carbocycles. The lowest BCUT2D eigenvalue weighted by Crippen LogP contribution is -2.84. The van der Waals surface area contributed by atoms with Crippen LogP contribution in [0, 0.1) is 17.3 Å². The van der Waals surface area contributed by atoms with Crippen LogP contribution in [-0.2, 0) is 20.7 Å². The summed E-state index contributed by atoms with van der Waals surface area (Å²) >= 11 is 0. The number of rotatable bonds is 14.